The fourth-order valence-corrected chi connectivity index (χ4v) is 1.91. The van der Waals surface area contributed by atoms with E-state index in [0.717, 1.165) is 16.4 Å². The van der Waals surface area contributed by atoms with E-state index in [1.807, 2.05) is 24.3 Å². The van der Waals surface area contributed by atoms with Gasteiger partial charge in [0.05, 0.1) is 10.9 Å². The Hall–Kier alpha value is -2.16. The summed E-state index contributed by atoms with van der Waals surface area (Å²) in [6.45, 7) is 0. The average Bonchev–Trinajstić information content (AvgIpc) is 2.62. The normalized spacial score (nSPS) is 11.2. The highest BCUT2D eigenvalue weighted by Gasteiger charge is 2.10. The Balaban J connectivity index is 2.63. The van der Waals surface area contributed by atoms with Crippen LogP contribution in [0, 0.1) is 0 Å². The van der Waals surface area contributed by atoms with Crippen LogP contribution in [0.5, 0.6) is 11.5 Å². The fourth-order valence-electron chi connectivity index (χ4n) is 1.91. The average molecular weight is 199 g/mol. The van der Waals surface area contributed by atoms with Crippen molar-refractivity contribution in [2.45, 2.75) is 0 Å². The summed E-state index contributed by atoms with van der Waals surface area (Å²) in [6, 6.07) is 10.9. The Kier molecular flexibility index (Phi) is 1.45. The molecule has 0 fully saturated rings. The van der Waals surface area contributed by atoms with Gasteiger partial charge in [0.2, 0.25) is 0 Å². The number of aromatic amines is 1. The lowest BCUT2D eigenvalue weighted by atomic mass is 10.1. The third kappa shape index (κ3) is 1.00. The summed E-state index contributed by atoms with van der Waals surface area (Å²) >= 11 is 0. The van der Waals surface area contributed by atoms with Crippen LogP contribution in [-0.4, -0.2) is 15.2 Å². The zero-order valence-electron chi connectivity index (χ0n) is 7.86. The molecule has 0 saturated carbocycles. The topological polar surface area (TPSA) is 56.2 Å². The molecule has 2 aromatic carbocycles. The van der Waals surface area contributed by atoms with Crippen LogP contribution in [0.4, 0.5) is 0 Å². The minimum Gasteiger partial charge on any atom is -0.504 e. The number of H-pyrrole nitrogens is 1. The first kappa shape index (κ1) is 8.17. The smallest absolute Gasteiger partial charge is 0.167 e. The molecule has 3 aromatic rings. The molecule has 0 spiro atoms. The van der Waals surface area contributed by atoms with E-state index in [0.29, 0.717) is 5.39 Å². The number of para-hydroxylation sites is 1. The van der Waals surface area contributed by atoms with Crippen molar-refractivity contribution >= 4 is 21.8 Å². The fraction of sp³-hybridized carbons (Fsp3) is 0. The van der Waals surface area contributed by atoms with Gasteiger partial charge in [-0.1, -0.05) is 18.2 Å². The Labute approximate surface area is 85.6 Å². The number of aromatic nitrogens is 1. The summed E-state index contributed by atoms with van der Waals surface area (Å²) in [6.07, 6.45) is 0. The molecule has 3 rings (SSSR count). The van der Waals surface area contributed by atoms with Gasteiger partial charge in [0, 0.05) is 10.9 Å². The van der Waals surface area contributed by atoms with Crippen LogP contribution in [0.3, 0.4) is 0 Å². The van der Waals surface area contributed by atoms with Gasteiger partial charge < -0.3 is 15.2 Å². The molecule has 0 amide bonds. The molecule has 0 unspecified atom stereocenters. The Morgan fingerprint density at radius 1 is 0.867 bits per heavy atom. The van der Waals surface area contributed by atoms with Gasteiger partial charge in [0.25, 0.3) is 0 Å². The predicted octanol–water partition coefficient (Wildman–Crippen LogP) is 2.73. The number of hydrogen-bond acceptors (Lipinski definition) is 2. The van der Waals surface area contributed by atoms with E-state index in [9.17, 15) is 10.2 Å². The van der Waals surface area contributed by atoms with Crippen LogP contribution < -0.4 is 0 Å². The maximum atomic E-state index is 9.78. The molecule has 0 aliphatic heterocycles. The molecule has 3 heteroatoms. The van der Waals surface area contributed by atoms with Crippen LogP contribution >= 0.6 is 0 Å². The molecule has 15 heavy (non-hydrogen) atoms. The maximum Gasteiger partial charge on any atom is 0.167 e. The van der Waals surface area contributed by atoms with Crippen molar-refractivity contribution < 1.29 is 10.2 Å². The molecule has 1 aromatic heterocycles. The SMILES string of the molecule is Oc1ccc2[nH]c3ccccc3c2c1O. The van der Waals surface area contributed by atoms with Crippen LogP contribution in [0.15, 0.2) is 36.4 Å². The first-order valence-electron chi connectivity index (χ1n) is 4.69. The summed E-state index contributed by atoms with van der Waals surface area (Å²) in [5, 5.41) is 20.8. The van der Waals surface area contributed by atoms with Gasteiger partial charge in [-0.15, -0.1) is 0 Å². The van der Waals surface area contributed by atoms with Crippen LogP contribution in [-0.2, 0) is 0 Å². The number of fused-ring (bicyclic) bond motifs is 3. The summed E-state index contributed by atoms with van der Waals surface area (Å²) < 4.78 is 0. The van der Waals surface area contributed by atoms with Crippen LogP contribution in [0.2, 0.25) is 0 Å². The van der Waals surface area contributed by atoms with Crippen LogP contribution in [0.25, 0.3) is 21.8 Å². The molecule has 3 N–H and O–H groups in total. The quantitative estimate of drug-likeness (QED) is 0.487. The molecule has 0 radical (unpaired) electrons. The predicted molar refractivity (Wildman–Crippen MR) is 59.1 cm³/mol. The third-order valence-corrected chi connectivity index (χ3v) is 2.62. The molecule has 0 saturated heterocycles. The Morgan fingerprint density at radius 2 is 1.67 bits per heavy atom. The molecule has 0 aliphatic rings. The largest absolute Gasteiger partial charge is 0.504 e. The van der Waals surface area contributed by atoms with E-state index in [1.165, 1.54) is 6.07 Å². The van der Waals surface area contributed by atoms with Gasteiger partial charge in [0.15, 0.2) is 11.5 Å². The monoisotopic (exact) mass is 199 g/mol. The van der Waals surface area contributed by atoms with Crippen molar-refractivity contribution in [2.24, 2.45) is 0 Å². The Morgan fingerprint density at radius 3 is 2.53 bits per heavy atom. The summed E-state index contributed by atoms with van der Waals surface area (Å²) in [5.41, 5.74) is 1.78. The van der Waals surface area contributed by atoms with Crippen LogP contribution in [0.1, 0.15) is 0 Å². The molecule has 0 atom stereocenters. The van der Waals surface area contributed by atoms with E-state index >= 15 is 0 Å². The second-order valence-corrected chi connectivity index (χ2v) is 3.53. The summed E-state index contributed by atoms with van der Waals surface area (Å²) in [7, 11) is 0. The number of nitrogens with one attached hydrogen (secondary N) is 1. The highest BCUT2D eigenvalue weighted by atomic mass is 16.3. The van der Waals surface area contributed by atoms with E-state index in [-0.39, 0.29) is 11.5 Å². The molecule has 0 aliphatic carbocycles. The van der Waals surface area contributed by atoms with Crippen molar-refractivity contribution in [1.29, 1.82) is 0 Å². The first-order valence-corrected chi connectivity index (χ1v) is 4.69. The number of benzene rings is 2. The van der Waals surface area contributed by atoms with Gasteiger partial charge >= 0.3 is 0 Å². The Bertz CT molecular complexity index is 655. The van der Waals surface area contributed by atoms with Crippen molar-refractivity contribution in [2.75, 3.05) is 0 Å². The molecule has 3 nitrogen and oxygen atoms in total. The molecule has 74 valence electrons. The van der Waals surface area contributed by atoms with E-state index in [1.54, 1.807) is 6.07 Å². The number of phenols is 2. The standard InChI is InChI=1S/C12H9NO2/c14-10-6-5-9-11(12(10)15)7-3-1-2-4-8(7)13-9/h1-6,13-15H. The number of rotatable bonds is 0. The highest BCUT2D eigenvalue weighted by Crippen LogP contribution is 2.37. The van der Waals surface area contributed by atoms with Gasteiger partial charge in [-0.2, -0.15) is 0 Å². The van der Waals surface area contributed by atoms with Gasteiger partial charge in [0.1, 0.15) is 0 Å². The maximum absolute atomic E-state index is 9.78. The minimum absolute atomic E-state index is 0.0649. The molecular formula is C12H9NO2. The molecule has 1 heterocycles. The second kappa shape index (κ2) is 2.67. The summed E-state index contributed by atoms with van der Waals surface area (Å²) in [4.78, 5) is 3.17. The van der Waals surface area contributed by atoms with Crippen molar-refractivity contribution in [1.82, 2.24) is 4.98 Å². The van der Waals surface area contributed by atoms with E-state index in [4.69, 9.17) is 0 Å². The first-order chi connectivity index (χ1) is 7.27. The highest BCUT2D eigenvalue weighted by molar-refractivity contribution is 6.11. The number of phenolic OH excluding ortho intramolecular Hbond substituents is 2. The van der Waals surface area contributed by atoms with Crippen molar-refractivity contribution in [3.8, 4) is 11.5 Å². The molecule has 0 bridgehead atoms. The van der Waals surface area contributed by atoms with Gasteiger partial charge in [-0.05, 0) is 18.2 Å². The summed E-state index contributed by atoms with van der Waals surface area (Å²) in [5.74, 6) is -0.155. The zero-order valence-corrected chi connectivity index (χ0v) is 7.86. The molecular weight excluding hydrogens is 190 g/mol. The lowest BCUT2D eigenvalue weighted by Crippen LogP contribution is -1.71. The minimum atomic E-state index is -0.0905. The number of aromatic hydroxyl groups is 2. The third-order valence-electron chi connectivity index (χ3n) is 2.62. The lowest BCUT2D eigenvalue weighted by molar-refractivity contribution is 0.408. The van der Waals surface area contributed by atoms with E-state index in [2.05, 4.69) is 4.98 Å². The van der Waals surface area contributed by atoms with Gasteiger partial charge in [-0.25, -0.2) is 0 Å². The lowest BCUT2D eigenvalue weighted by Gasteiger charge is -1.98. The second-order valence-electron chi connectivity index (χ2n) is 3.53. The van der Waals surface area contributed by atoms with Crippen molar-refractivity contribution in [3.05, 3.63) is 36.4 Å². The van der Waals surface area contributed by atoms with Gasteiger partial charge in [-0.3, -0.25) is 0 Å². The van der Waals surface area contributed by atoms with Crippen molar-refractivity contribution in [3.63, 3.8) is 0 Å². The van der Waals surface area contributed by atoms with E-state index < -0.39 is 0 Å². The zero-order chi connectivity index (χ0) is 10.4. The number of hydrogen-bond donors (Lipinski definition) is 3.